The van der Waals surface area contributed by atoms with E-state index in [-0.39, 0.29) is 11.3 Å². The molecule has 2 aromatic carbocycles. The fraction of sp³-hybridized carbons (Fsp3) is 0.273. The number of hydrogen-bond donors (Lipinski definition) is 3. The van der Waals surface area contributed by atoms with Crippen LogP contribution in [0.25, 0.3) is 0 Å². The zero-order chi connectivity index (χ0) is 21.0. The molecule has 29 heavy (non-hydrogen) atoms. The van der Waals surface area contributed by atoms with E-state index in [0.29, 0.717) is 35.5 Å². The summed E-state index contributed by atoms with van der Waals surface area (Å²) in [4.78, 5) is 12.0. The molecule has 0 saturated carbocycles. The zero-order valence-electron chi connectivity index (χ0n) is 16.2. The second-order valence-corrected chi connectivity index (χ2v) is 6.90. The van der Waals surface area contributed by atoms with Crippen LogP contribution in [0, 0.1) is 0 Å². The third-order valence-corrected chi connectivity index (χ3v) is 4.78. The van der Waals surface area contributed by atoms with Gasteiger partial charge in [-0.05, 0) is 11.6 Å². The predicted octanol–water partition coefficient (Wildman–Crippen LogP) is 4.81. The smallest absolute Gasteiger partial charge is 0.270 e. The van der Waals surface area contributed by atoms with Crippen LogP contribution >= 0.6 is 0 Å². The molecule has 1 heterocycles. The molecule has 1 aromatic heterocycles. The van der Waals surface area contributed by atoms with Crippen molar-refractivity contribution in [2.75, 3.05) is 5.32 Å². The second kappa shape index (κ2) is 8.53. The minimum atomic E-state index is -2.93. The Labute approximate surface area is 167 Å². The molecular formula is C22H23F2N3O2. The number of benzene rings is 2. The van der Waals surface area contributed by atoms with Gasteiger partial charge >= 0.3 is 0 Å². The van der Waals surface area contributed by atoms with Gasteiger partial charge in [0, 0.05) is 42.3 Å². The molecule has 0 amide bonds. The monoisotopic (exact) mass is 399 g/mol. The number of aromatic nitrogens is 2. The SMILES string of the molecule is CCC(=O)c1[nH]ncc1CNc1ccccc1C(O)c1ccc(C(C)(F)F)cc1. The number of aliphatic hydroxyl groups excluding tert-OH is 1. The molecule has 0 bridgehead atoms. The van der Waals surface area contributed by atoms with E-state index in [1.54, 1.807) is 25.3 Å². The number of anilines is 1. The van der Waals surface area contributed by atoms with Crippen molar-refractivity contribution < 1.29 is 18.7 Å². The average molecular weight is 399 g/mol. The van der Waals surface area contributed by atoms with E-state index in [0.717, 1.165) is 12.5 Å². The van der Waals surface area contributed by atoms with Crippen molar-refractivity contribution in [3.05, 3.63) is 82.7 Å². The highest BCUT2D eigenvalue weighted by molar-refractivity contribution is 5.95. The summed E-state index contributed by atoms with van der Waals surface area (Å²) in [7, 11) is 0. The molecule has 1 atom stereocenters. The highest BCUT2D eigenvalue weighted by Gasteiger charge is 2.24. The lowest BCUT2D eigenvalue weighted by atomic mass is 9.97. The van der Waals surface area contributed by atoms with Gasteiger partial charge in [-0.2, -0.15) is 5.10 Å². The lowest BCUT2D eigenvalue weighted by Crippen LogP contribution is -2.10. The Morgan fingerprint density at radius 3 is 2.55 bits per heavy atom. The van der Waals surface area contributed by atoms with Crippen LogP contribution in [0.2, 0.25) is 0 Å². The molecule has 0 fully saturated rings. The molecule has 0 aliphatic carbocycles. The van der Waals surface area contributed by atoms with Crippen molar-refractivity contribution in [3.8, 4) is 0 Å². The summed E-state index contributed by atoms with van der Waals surface area (Å²) >= 11 is 0. The van der Waals surface area contributed by atoms with E-state index >= 15 is 0 Å². The number of hydrogen-bond acceptors (Lipinski definition) is 4. The molecule has 0 aliphatic rings. The number of halogens is 2. The minimum absolute atomic E-state index is 0.0274. The van der Waals surface area contributed by atoms with Gasteiger partial charge < -0.3 is 10.4 Å². The van der Waals surface area contributed by atoms with Gasteiger partial charge in [-0.25, -0.2) is 8.78 Å². The summed E-state index contributed by atoms with van der Waals surface area (Å²) in [6, 6.07) is 12.8. The Bertz CT molecular complexity index is 978. The number of carbonyl (C=O) groups is 1. The lowest BCUT2D eigenvalue weighted by Gasteiger charge is -2.18. The van der Waals surface area contributed by atoms with Crippen molar-refractivity contribution in [1.82, 2.24) is 10.2 Å². The standard InChI is InChI=1S/C22H23F2N3O2/c1-3-19(28)20-15(13-26-27-20)12-25-18-7-5-4-6-17(18)21(29)14-8-10-16(11-9-14)22(2,23)24/h4-11,13,21,25,29H,3,12H2,1-2H3,(H,26,27). The molecule has 0 saturated heterocycles. The largest absolute Gasteiger partial charge is 0.384 e. The molecule has 0 aliphatic heterocycles. The van der Waals surface area contributed by atoms with Gasteiger partial charge in [-0.3, -0.25) is 9.89 Å². The molecule has 152 valence electrons. The fourth-order valence-corrected chi connectivity index (χ4v) is 3.09. The summed E-state index contributed by atoms with van der Waals surface area (Å²) in [6.45, 7) is 2.97. The second-order valence-electron chi connectivity index (χ2n) is 6.90. The van der Waals surface area contributed by atoms with Crippen LogP contribution < -0.4 is 5.32 Å². The molecule has 0 radical (unpaired) electrons. The maximum atomic E-state index is 13.4. The number of aromatic amines is 1. The lowest BCUT2D eigenvalue weighted by molar-refractivity contribution is 0.0174. The summed E-state index contributed by atoms with van der Waals surface area (Å²) in [6.07, 6.45) is 0.981. The first-order valence-electron chi connectivity index (χ1n) is 9.35. The maximum Gasteiger partial charge on any atom is 0.270 e. The number of ketones is 1. The zero-order valence-corrected chi connectivity index (χ0v) is 16.2. The van der Waals surface area contributed by atoms with Crippen molar-refractivity contribution in [3.63, 3.8) is 0 Å². The number of H-pyrrole nitrogens is 1. The van der Waals surface area contributed by atoms with Crippen LogP contribution in [0.4, 0.5) is 14.5 Å². The average Bonchev–Trinajstić information content (AvgIpc) is 3.19. The van der Waals surface area contributed by atoms with Gasteiger partial charge in [-0.15, -0.1) is 0 Å². The maximum absolute atomic E-state index is 13.4. The highest BCUT2D eigenvalue weighted by atomic mass is 19.3. The molecule has 3 N–H and O–H groups in total. The van der Waals surface area contributed by atoms with Crippen molar-refractivity contribution in [2.45, 2.75) is 38.8 Å². The number of Topliss-reactive ketones (excluding diaryl/α,β-unsaturated/α-hetero) is 1. The number of para-hydroxylation sites is 1. The molecular weight excluding hydrogens is 376 g/mol. The van der Waals surface area contributed by atoms with E-state index in [1.165, 1.54) is 24.3 Å². The number of carbonyl (C=O) groups excluding carboxylic acids is 1. The van der Waals surface area contributed by atoms with Gasteiger partial charge in [0.25, 0.3) is 5.92 Å². The van der Waals surface area contributed by atoms with E-state index < -0.39 is 12.0 Å². The van der Waals surface area contributed by atoms with Gasteiger partial charge in [0.2, 0.25) is 0 Å². The number of nitrogens with zero attached hydrogens (tertiary/aromatic N) is 1. The Morgan fingerprint density at radius 2 is 1.90 bits per heavy atom. The molecule has 0 spiro atoms. The Morgan fingerprint density at radius 1 is 1.21 bits per heavy atom. The number of rotatable bonds is 8. The number of alkyl halides is 2. The topological polar surface area (TPSA) is 78.0 Å². The minimum Gasteiger partial charge on any atom is -0.384 e. The van der Waals surface area contributed by atoms with Crippen molar-refractivity contribution in [2.24, 2.45) is 0 Å². The molecule has 3 rings (SSSR count). The van der Waals surface area contributed by atoms with Crippen LogP contribution in [-0.4, -0.2) is 21.1 Å². The van der Waals surface area contributed by atoms with E-state index in [1.807, 2.05) is 12.1 Å². The molecule has 5 nitrogen and oxygen atoms in total. The van der Waals surface area contributed by atoms with Gasteiger partial charge in [0.15, 0.2) is 5.78 Å². The quantitative estimate of drug-likeness (QED) is 0.475. The summed E-state index contributed by atoms with van der Waals surface area (Å²) in [5.41, 5.74) is 2.89. The first-order chi connectivity index (χ1) is 13.8. The Balaban J connectivity index is 1.80. The number of aliphatic hydroxyl groups is 1. The van der Waals surface area contributed by atoms with Gasteiger partial charge in [0.1, 0.15) is 11.8 Å². The number of nitrogens with one attached hydrogen (secondary N) is 2. The van der Waals surface area contributed by atoms with Gasteiger partial charge in [0.05, 0.1) is 6.20 Å². The summed E-state index contributed by atoms with van der Waals surface area (Å²) in [5, 5.41) is 20.7. The first-order valence-corrected chi connectivity index (χ1v) is 9.35. The third-order valence-electron chi connectivity index (χ3n) is 4.78. The summed E-state index contributed by atoms with van der Waals surface area (Å²) < 4.78 is 26.8. The van der Waals surface area contributed by atoms with Crippen LogP contribution in [-0.2, 0) is 12.5 Å². The normalized spacial score (nSPS) is 12.6. The van der Waals surface area contributed by atoms with Crippen LogP contribution in [0.3, 0.4) is 0 Å². The van der Waals surface area contributed by atoms with E-state index in [2.05, 4.69) is 15.5 Å². The highest BCUT2D eigenvalue weighted by Crippen LogP contribution is 2.32. The van der Waals surface area contributed by atoms with Crippen LogP contribution in [0.1, 0.15) is 59.1 Å². The van der Waals surface area contributed by atoms with E-state index in [9.17, 15) is 18.7 Å². The summed E-state index contributed by atoms with van der Waals surface area (Å²) in [5.74, 6) is -2.96. The van der Waals surface area contributed by atoms with Crippen molar-refractivity contribution >= 4 is 11.5 Å². The fourth-order valence-electron chi connectivity index (χ4n) is 3.09. The van der Waals surface area contributed by atoms with Crippen LogP contribution in [0.15, 0.2) is 54.7 Å². The molecule has 1 unspecified atom stereocenters. The first kappa shape index (κ1) is 20.7. The van der Waals surface area contributed by atoms with Gasteiger partial charge in [-0.1, -0.05) is 49.4 Å². The van der Waals surface area contributed by atoms with Crippen molar-refractivity contribution in [1.29, 1.82) is 0 Å². The van der Waals surface area contributed by atoms with Crippen LogP contribution in [0.5, 0.6) is 0 Å². The van der Waals surface area contributed by atoms with E-state index in [4.69, 9.17) is 0 Å². The molecule has 7 heteroatoms. The predicted molar refractivity (Wildman–Crippen MR) is 107 cm³/mol. The Kier molecular flexibility index (Phi) is 6.08. The third kappa shape index (κ3) is 4.68. The molecule has 3 aromatic rings. The Hall–Kier alpha value is -3.06.